The van der Waals surface area contributed by atoms with Gasteiger partial charge in [0, 0.05) is 20.0 Å². The Labute approximate surface area is 193 Å². The van der Waals surface area contributed by atoms with Crippen LogP contribution in [0.3, 0.4) is 0 Å². The van der Waals surface area contributed by atoms with Crippen LogP contribution in [0, 0.1) is 6.92 Å². The highest BCUT2D eigenvalue weighted by Gasteiger charge is 2.35. The SMILES string of the molecule is COc1cc(C(CC(=O)O)c2ccc(C)c3c2CCC3N(C)S(C)(=O)=O)cc2nnn(C)c12. The van der Waals surface area contributed by atoms with Crippen LogP contribution >= 0.6 is 0 Å². The maximum atomic E-state index is 12.2. The molecule has 0 amide bonds. The minimum absolute atomic E-state index is 0.114. The van der Waals surface area contributed by atoms with Gasteiger partial charge in [0.1, 0.15) is 16.8 Å². The Hall–Kier alpha value is -2.98. The molecule has 1 N–H and O–H groups in total. The lowest BCUT2D eigenvalue weighted by Gasteiger charge is -2.26. The molecule has 1 heterocycles. The van der Waals surface area contributed by atoms with Crippen molar-refractivity contribution >= 4 is 27.0 Å². The summed E-state index contributed by atoms with van der Waals surface area (Å²) in [6, 6.07) is 7.37. The molecule has 0 fully saturated rings. The fourth-order valence-corrected chi connectivity index (χ4v) is 5.68. The molecule has 2 unspecified atom stereocenters. The normalized spacial score (nSPS) is 16.8. The smallest absolute Gasteiger partial charge is 0.304 e. The van der Waals surface area contributed by atoms with Crippen LogP contribution in [-0.2, 0) is 28.3 Å². The number of methoxy groups -OCH3 is 1. The molecule has 3 aromatic rings. The fourth-order valence-electron chi connectivity index (χ4n) is 5.00. The average Bonchev–Trinajstić information content (AvgIpc) is 3.35. The Morgan fingerprint density at radius 1 is 1.36 bits per heavy atom. The lowest BCUT2D eigenvalue weighted by Crippen LogP contribution is -2.29. The highest BCUT2D eigenvalue weighted by Crippen LogP contribution is 2.44. The van der Waals surface area contributed by atoms with Crippen LogP contribution in [0.5, 0.6) is 5.75 Å². The summed E-state index contributed by atoms with van der Waals surface area (Å²) in [5, 5.41) is 18.0. The van der Waals surface area contributed by atoms with Gasteiger partial charge in [-0.25, -0.2) is 13.1 Å². The number of rotatable bonds is 7. The summed E-state index contributed by atoms with van der Waals surface area (Å²) in [7, 11) is 1.56. The first-order valence-corrected chi connectivity index (χ1v) is 12.5. The second-order valence-electron chi connectivity index (χ2n) is 8.65. The van der Waals surface area contributed by atoms with E-state index in [1.807, 2.05) is 31.2 Å². The maximum absolute atomic E-state index is 12.2. The van der Waals surface area contributed by atoms with Crippen molar-refractivity contribution in [2.24, 2.45) is 7.05 Å². The number of hydrogen-bond acceptors (Lipinski definition) is 6. The highest BCUT2D eigenvalue weighted by atomic mass is 32.2. The van der Waals surface area contributed by atoms with Crippen molar-refractivity contribution in [1.82, 2.24) is 19.3 Å². The zero-order valence-electron chi connectivity index (χ0n) is 19.4. The number of fused-ring (bicyclic) bond motifs is 2. The third-order valence-corrected chi connectivity index (χ3v) is 7.94. The summed E-state index contributed by atoms with van der Waals surface area (Å²) in [6.45, 7) is 1.97. The molecule has 0 radical (unpaired) electrons. The third kappa shape index (κ3) is 4.08. The number of carbonyl (C=O) groups is 1. The van der Waals surface area contributed by atoms with Gasteiger partial charge in [0.05, 0.1) is 25.8 Å². The van der Waals surface area contributed by atoms with Gasteiger partial charge < -0.3 is 9.84 Å². The zero-order valence-corrected chi connectivity index (χ0v) is 20.2. The van der Waals surface area contributed by atoms with E-state index in [9.17, 15) is 18.3 Å². The molecule has 2 atom stereocenters. The van der Waals surface area contributed by atoms with Crippen molar-refractivity contribution in [2.75, 3.05) is 20.4 Å². The lowest BCUT2D eigenvalue weighted by molar-refractivity contribution is -0.137. The van der Waals surface area contributed by atoms with Gasteiger partial charge >= 0.3 is 5.97 Å². The van der Waals surface area contributed by atoms with E-state index in [1.165, 1.54) is 10.6 Å². The lowest BCUT2D eigenvalue weighted by atomic mass is 9.83. The second-order valence-corrected chi connectivity index (χ2v) is 10.7. The molecule has 9 nitrogen and oxygen atoms in total. The number of sulfonamides is 1. The van der Waals surface area contributed by atoms with Crippen LogP contribution in [0.25, 0.3) is 11.0 Å². The molecular formula is C23H28N4O5S. The first-order chi connectivity index (χ1) is 15.5. The van der Waals surface area contributed by atoms with Crippen LogP contribution in [0.2, 0.25) is 0 Å². The number of nitrogens with zero attached hydrogens (tertiary/aromatic N) is 4. The van der Waals surface area contributed by atoms with Gasteiger partial charge in [-0.3, -0.25) is 4.79 Å². The van der Waals surface area contributed by atoms with Crippen molar-refractivity contribution in [2.45, 2.75) is 38.1 Å². The van der Waals surface area contributed by atoms with E-state index in [-0.39, 0.29) is 12.5 Å². The zero-order chi connectivity index (χ0) is 24.1. The van der Waals surface area contributed by atoms with Crippen molar-refractivity contribution in [3.05, 3.63) is 52.1 Å². The molecule has 0 bridgehead atoms. The van der Waals surface area contributed by atoms with E-state index in [2.05, 4.69) is 10.3 Å². The molecule has 33 heavy (non-hydrogen) atoms. The minimum atomic E-state index is -3.38. The van der Waals surface area contributed by atoms with Gasteiger partial charge in [-0.2, -0.15) is 4.31 Å². The first kappa shape index (κ1) is 23.2. The number of hydrogen-bond donors (Lipinski definition) is 1. The van der Waals surface area contributed by atoms with Crippen molar-refractivity contribution in [1.29, 1.82) is 0 Å². The number of aryl methyl sites for hydroxylation is 2. The molecule has 0 saturated carbocycles. The molecule has 0 aliphatic heterocycles. The monoisotopic (exact) mass is 472 g/mol. The van der Waals surface area contributed by atoms with E-state index < -0.39 is 21.9 Å². The summed E-state index contributed by atoms with van der Waals surface area (Å²) in [5.41, 5.74) is 6.03. The van der Waals surface area contributed by atoms with Crippen molar-refractivity contribution in [3.8, 4) is 5.75 Å². The van der Waals surface area contributed by atoms with Crippen molar-refractivity contribution in [3.63, 3.8) is 0 Å². The molecule has 2 aromatic carbocycles. The number of ether oxygens (including phenoxy) is 1. The summed E-state index contributed by atoms with van der Waals surface area (Å²) < 4.78 is 33.1. The molecule has 10 heteroatoms. The minimum Gasteiger partial charge on any atom is -0.494 e. The molecule has 176 valence electrons. The van der Waals surface area contributed by atoms with Crippen LogP contribution in [0.15, 0.2) is 24.3 Å². The van der Waals surface area contributed by atoms with E-state index in [1.54, 1.807) is 25.9 Å². The van der Waals surface area contributed by atoms with Gasteiger partial charge in [-0.15, -0.1) is 5.10 Å². The van der Waals surface area contributed by atoms with Crippen LogP contribution < -0.4 is 4.74 Å². The maximum Gasteiger partial charge on any atom is 0.304 e. The highest BCUT2D eigenvalue weighted by molar-refractivity contribution is 7.88. The van der Waals surface area contributed by atoms with E-state index in [0.29, 0.717) is 24.1 Å². The predicted molar refractivity (Wildman–Crippen MR) is 124 cm³/mol. The van der Waals surface area contributed by atoms with Crippen molar-refractivity contribution < 1.29 is 23.1 Å². The Morgan fingerprint density at radius 3 is 2.73 bits per heavy atom. The largest absolute Gasteiger partial charge is 0.494 e. The van der Waals surface area contributed by atoms with Gasteiger partial charge in [-0.05, 0) is 59.7 Å². The Bertz CT molecular complexity index is 1350. The quantitative estimate of drug-likeness (QED) is 0.562. The fraction of sp³-hybridized carbons (Fsp3) is 0.435. The number of aromatic nitrogens is 3. The standard InChI is InChI=1S/C23H28N4O5S/c1-13-6-7-15(16-8-9-19(22(13)16)27(3)33(5,30)31)17(12-21(28)29)14-10-18-23(20(11-14)32-4)26(2)25-24-18/h6-7,10-11,17,19H,8-9,12H2,1-5H3,(H,28,29). The predicted octanol–water partition coefficient (Wildman–Crippen LogP) is 2.77. The Morgan fingerprint density at radius 2 is 2.09 bits per heavy atom. The third-order valence-electron chi connectivity index (χ3n) is 6.64. The van der Waals surface area contributed by atoms with Gasteiger partial charge in [0.25, 0.3) is 0 Å². The summed E-state index contributed by atoms with van der Waals surface area (Å²) in [5.74, 6) is -0.793. The molecule has 0 saturated heterocycles. The summed E-state index contributed by atoms with van der Waals surface area (Å²) in [6.07, 6.45) is 2.43. The summed E-state index contributed by atoms with van der Waals surface area (Å²) in [4.78, 5) is 11.9. The summed E-state index contributed by atoms with van der Waals surface area (Å²) >= 11 is 0. The molecule has 1 aliphatic rings. The topological polar surface area (TPSA) is 115 Å². The molecule has 4 rings (SSSR count). The van der Waals surface area contributed by atoms with Crippen LogP contribution in [0.1, 0.15) is 52.6 Å². The Balaban J connectivity index is 1.90. The average molecular weight is 473 g/mol. The number of benzene rings is 2. The molecule has 0 spiro atoms. The molecule has 1 aliphatic carbocycles. The Kier molecular flexibility index (Phi) is 5.92. The second kappa shape index (κ2) is 8.42. The van der Waals surface area contributed by atoms with Gasteiger partial charge in [-0.1, -0.05) is 17.3 Å². The first-order valence-electron chi connectivity index (χ1n) is 10.7. The number of carboxylic acid groups (broad SMARTS) is 1. The van der Waals surface area contributed by atoms with Crippen LogP contribution in [-0.4, -0.2) is 59.2 Å². The van der Waals surface area contributed by atoms with Gasteiger partial charge in [0.2, 0.25) is 10.0 Å². The molecule has 1 aromatic heterocycles. The van der Waals surface area contributed by atoms with E-state index in [0.717, 1.165) is 33.3 Å². The van der Waals surface area contributed by atoms with E-state index >= 15 is 0 Å². The number of carboxylic acids is 1. The van der Waals surface area contributed by atoms with Crippen LogP contribution in [0.4, 0.5) is 0 Å². The van der Waals surface area contributed by atoms with Gasteiger partial charge in [0.15, 0.2) is 0 Å². The van der Waals surface area contributed by atoms with E-state index in [4.69, 9.17) is 4.74 Å². The molecular weight excluding hydrogens is 444 g/mol. The number of aliphatic carboxylic acids is 1.